The van der Waals surface area contributed by atoms with Crippen molar-refractivity contribution in [3.63, 3.8) is 0 Å². The molecule has 0 aliphatic carbocycles. The smallest absolute Gasteiger partial charge is 0.124 e. The Balaban J connectivity index is 2.34. The zero-order valence-corrected chi connectivity index (χ0v) is 12.0. The first-order chi connectivity index (χ1) is 8.18. The second kappa shape index (κ2) is 3.91. The highest BCUT2D eigenvalue weighted by Crippen LogP contribution is 2.25. The van der Waals surface area contributed by atoms with Crippen LogP contribution in [0.2, 0.25) is 0 Å². The van der Waals surface area contributed by atoms with Gasteiger partial charge >= 0.3 is 0 Å². The van der Waals surface area contributed by atoms with E-state index < -0.39 is 0 Å². The number of rotatable bonds is 1. The highest BCUT2D eigenvalue weighted by molar-refractivity contribution is 14.1. The Morgan fingerprint density at radius 1 is 1.06 bits per heavy atom. The molecule has 1 aromatic carbocycles. The van der Waals surface area contributed by atoms with Gasteiger partial charge in [0.05, 0.1) is 5.69 Å². The van der Waals surface area contributed by atoms with Crippen LogP contribution in [0.25, 0.3) is 16.7 Å². The maximum absolute atomic E-state index is 2.39. The monoisotopic (exact) mass is 336 g/mol. The molecule has 0 aliphatic rings. The Bertz CT molecular complexity index is 691. The van der Waals surface area contributed by atoms with Gasteiger partial charge in [-0.05, 0) is 59.3 Å². The van der Waals surface area contributed by atoms with Gasteiger partial charge in [-0.25, -0.2) is 0 Å². The van der Waals surface area contributed by atoms with Crippen LogP contribution in [0.5, 0.6) is 0 Å². The zero-order valence-electron chi connectivity index (χ0n) is 9.81. The Morgan fingerprint density at radius 3 is 2.65 bits per heavy atom. The van der Waals surface area contributed by atoms with Gasteiger partial charge < -0.3 is 9.13 Å². The molecule has 0 atom stereocenters. The fourth-order valence-electron chi connectivity index (χ4n) is 2.26. The van der Waals surface area contributed by atoms with Crippen molar-refractivity contribution < 1.29 is 0 Å². The molecule has 0 spiro atoms. The SMILES string of the molecule is Cc1c(I)cccc1-n1ccc2ccn(C)c21. The van der Waals surface area contributed by atoms with Crippen molar-refractivity contribution in [2.45, 2.75) is 6.92 Å². The molecule has 0 fully saturated rings. The van der Waals surface area contributed by atoms with Gasteiger partial charge in [0.1, 0.15) is 5.65 Å². The molecule has 86 valence electrons. The summed E-state index contributed by atoms with van der Waals surface area (Å²) in [6, 6.07) is 10.7. The van der Waals surface area contributed by atoms with Crippen molar-refractivity contribution in [1.82, 2.24) is 9.13 Å². The Hall–Kier alpha value is -1.23. The lowest BCUT2D eigenvalue weighted by atomic mass is 10.2. The van der Waals surface area contributed by atoms with Crippen LogP contribution in [0.4, 0.5) is 0 Å². The quantitative estimate of drug-likeness (QED) is 0.597. The minimum absolute atomic E-state index is 1.25. The van der Waals surface area contributed by atoms with Gasteiger partial charge in [0.15, 0.2) is 0 Å². The molecule has 2 heterocycles. The van der Waals surface area contributed by atoms with E-state index in [9.17, 15) is 0 Å². The van der Waals surface area contributed by atoms with Crippen LogP contribution in [-0.2, 0) is 7.05 Å². The lowest BCUT2D eigenvalue weighted by Gasteiger charge is -2.11. The summed E-state index contributed by atoms with van der Waals surface area (Å²) in [6.45, 7) is 2.17. The predicted molar refractivity (Wildman–Crippen MR) is 79.7 cm³/mol. The average Bonchev–Trinajstić information content (AvgIpc) is 2.87. The maximum atomic E-state index is 2.39. The van der Waals surface area contributed by atoms with Gasteiger partial charge in [-0.1, -0.05) is 6.07 Å². The molecule has 0 N–H and O–H groups in total. The third-order valence-corrected chi connectivity index (χ3v) is 4.37. The first-order valence-electron chi connectivity index (χ1n) is 5.56. The molecule has 0 saturated heterocycles. The largest absolute Gasteiger partial charge is 0.337 e. The molecule has 2 nitrogen and oxygen atoms in total. The van der Waals surface area contributed by atoms with E-state index in [0.717, 1.165) is 0 Å². The number of halogens is 1. The fourth-order valence-corrected chi connectivity index (χ4v) is 2.74. The molecule has 0 radical (unpaired) electrons. The number of aromatic nitrogens is 2. The third-order valence-electron chi connectivity index (χ3n) is 3.20. The average molecular weight is 336 g/mol. The number of fused-ring (bicyclic) bond motifs is 1. The van der Waals surface area contributed by atoms with E-state index in [1.54, 1.807) is 0 Å². The van der Waals surface area contributed by atoms with Crippen LogP contribution in [0.3, 0.4) is 0 Å². The number of benzene rings is 1. The van der Waals surface area contributed by atoms with E-state index in [2.05, 4.69) is 88.4 Å². The summed E-state index contributed by atoms with van der Waals surface area (Å²) in [5.41, 5.74) is 3.83. The highest BCUT2D eigenvalue weighted by atomic mass is 127. The van der Waals surface area contributed by atoms with Crippen LogP contribution in [0.1, 0.15) is 5.56 Å². The molecule has 0 aliphatic heterocycles. The van der Waals surface area contributed by atoms with Crippen molar-refractivity contribution in [2.24, 2.45) is 7.05 Å². The highest BCUT2D eigenvalue weighted by Gasteiger charge is 2.09. The lowest BCUT2D eigenvalue weighted by Crippen LogP contribution is -2.00. The van der Waals surface area contributed by atoms with E-state index in [1.807, 2.05) is 0 Å². The third kappa shape index (κ3) is 1.60. The maximum Gasteiger partial charge on any atom is 0.124 e. The molecular weight excluding hydrogens is 323 g/mol. The van der Waals surface area contributed by atoms with Crippen molar-refractivity contribution in [2.75, 3.05) is 0 Å². The van der Waals surface area contributed by atoms with E-state index in [4.69, 9.17) is 0 Å². The number of hydrogen-bond donors (Lipinski definition) is 0. The molecule has 0 saturated carbocycles. The minimum atomic E-state index is 1.25. The predicted octanol–water partition coefficient (Wildman–Crippen LogP) is 3.88. The van der Waals surface area contributed by atoms with E-state index in [1.165, 1.54) is 25.9 Å². The zero-order chi connectivity index (χ0) is 12.0. The summed E-state index contributed by atoms with van der Waals surface area (Å²) < 4.78 is 5.72. The number of aryl methyl sites for hydroxylation is 1. The first-order valence-corrected chi connectivity index (χ1v) is 6.64. The minimum Gasteiger partial charge on any atom is -0.337 e. The Kier molecular flexibility index (Phi) is 2.50. The lowest BCUT2D eigenvalue weighted by molar-refractivity contribution is 0.914. The van der Waals surface area contributed by atoms with Crippen LogP contribution >= 0.6 is 22.6 Å². The second-order valence-corrected chi connectivity index (χ2v) is 5.44. The van der Waals surface area contributed by atoms with Gasteiger partial charge in [0.2, 0.25) is 0 Å². The first kappa shape index (κ1) is 10.9. The van der Waals surface area contributed by atoms with Crippen LogP contribution < -0.4 is 0 Å². The van der Waals surface area contributed by atoms with Crippen molar-refractivity contribution in [3.05, 3.63) is 51.9 Å². The standard InChI is InChI=1S/C14H13IN2/c1-10-12(15)4-3-5-13(10)17-9-7-11-6-8-16(2)14(11)17/h3-9H,1-2H3. The van der Waals surface area contributed by atoms with Crippen LogP contribution in [-0.4, -0.2) is 9.13 Å². The van der Waals surface area contributed by atoms with Crippen LogP contribution in [0.15, 0.2) is 42.7 Å². The molecule has 0 amide bonds. The molecule has 0 unspecified atom stereocenters. The summed E-state index contributed by atoms with van der Waals surface area (Å²) in [5.74, 6) is 0. The molecular formula is C14H13IN2. The Labute approximate surface area is 114 Å². The molecule has 0 bridgehead atoms. The van der Waals surface area contributed by atoms with Gasteiger partial charge in [-0.15, -0.1) is 0 Å². The van der Waals surface area contributed by atoms with Crippen LogP contribution in [0, 0.1) is 10.5 Å². The molecule has 3 heteroatoms. The van der Waals surface area contributed by atoms with Gasteiger partial charge in [-0.2, -0.15) is 0 Å². The topological polar surface area (TPSA) is 9.86 Å². The van der Waals surface area contributed by atoms with E-state index in [-0.39, 0.29) is 0 Å². The van der Waals surface area contributed by atoms with E-state index in [0.29, 0.717) is 0 Å². The second-order valence-electron chi connectivity index (χ2n) is 4.28. The van der Waals surface area contributed by atoms with Gasteiger partial charge in [0, 0.05) is 28.4 Å². The van der Waals surface area contributed by atoms with E-state index >= 15 is 0 Å². The summed E-state index contributed by atoms with van der Waals surface area (Å²) >= 11 is 2.39. The fraction of sp³-hybridized carbons (Fsp3) is 0.143. The summed E-state index contributed by atoms with van der Waals surface area (Å²) in [5, 5.41) is 1.28. The normalized spacial score (nSPS) is 11.2. The van der Waals surface area contributed by atoms with Gasteiger partial charge in [-0.3, -0.25) is 0 Å². The summed E-state index contributed by atoms with van der Waals surface area (Å²) in [6.07, 6.45) is 4.24. The van der Waals surface area contributed by atoms with Gasteiger partial charge in [0.25, 0.3) is 0 Å². The Morgan fingerprint density at radius 2 is 1.82 bits per heavy atom. The number of hydrogen-bond acceptors (Lipinski definition) is 0. The van der Waals surface area contributed by atoms with Crippen molar-refractivity contribution in [3.8, 4) is 5.69 Å². The summed E-state index contributed by atoms with van der Waals surface area (Å²) in [7, 11) is 2.09. The van der Waals surface area contributed by atoms with Crippen molar-refractivity contribution in [1.29, 1.82) is 0 Å². The molecule has 2 aromatic heterocycles. The van der Waals surface area contributed by atoms with Crippen molar-refractivity contribution >= 4 is 33.6 Å². The molecule has 3 rings (SSSR count). The molecule has 17 heavy (non-hydrogen) atoms. The molecule has 3 aromatic rings. The summed E-state index contributed by atoms with van der Waals surface area (Å²) in [4.78, 5) is 0. The number of nitrogens with zero attached hydrogens (tertiary/aromatic N) is 2.